The number of nitrogens with one attached hydrogen (secondary N) is 1. The van der Waals surface area contributed by atoms with E-state index in [1.165, 1.54) is 16.3 Å². The molecule has 3 nitrogen and oxygen atoms in total. The van der Waals surface area contributed by atoms with Crippen molar-refractivity contribution < 1.29 is 9.47 Å². The van der Waals surface area contributed by atoms with Gasteiger partial charge in [0.05, 0.1) is 7.11 Å². The molecule has 0 atom stereocenters. The summed E-state index contributed by atoms with van der Waals surface area (Å²) in [5.74, 6) is 1.70. The lowest BCUT2D eigenvalue weighted by molar-refractivity contribution is 0.303. The number of fused-ring (bicyclic) bond motifs is 1. The van der Waals surface area contributed by atoms with Crippen molar-refractivity contribution in [1.29, 1.82) is 0 Å². The lowest BCUT2D eigenvalue weighted by Gasteiger charge is -2.16. The molecule has 0 aromatic heterocycles. The van der Waals surface area contributed by atoms with Crippen LogP contribution in [0.25, 0.3) is 10.8 Å². The minimum absolute atomic E-state index is 0. The first-order valence-electron chi connectivity index (χ1n) is 10.0. The number of halogens is 3. The number of rotatable bonds is 8. The van der Waals surface area contributed by atoms with E-state index in [1.54, 1.807) is 13.2 Å². The highest BCUT2D eigenvalue weighted by molar-refractivity contribution is 6.35. The van der Waals surface area contributed by atoms with E-state index in [4.69, 9.17) is 32.7 Å². The van der Waals surface area contributed by atoms with E-state index in [0.29, 0.717) is 23.2 Å². The molecule has 4 aromatic carbocycles. The van der Waals surface area contributed by atoms with E-state index >= 15 is 0 Å². The van der Waals surface area contributed by atoms with Gasteiger partial charge < -0.3 is 14.8 Å². The molecule has 0 saturated carbocycles. The normalized spacial score (nSPS) is 10.6. The topological polar surface area (TPSA) is 30.5 Å². The van der Waals surface area contributed by atoms with Gasteiger partial charge in [0, 0.05) is 34.3 Å². The number of methoxy groups -OCH3 is 1. The van der Waals surface area contributed by atoms with Gasteiger partial charge in [0.15, 0.2) is 0 Å². The van der Waals surface area contributed by atoms with E-state index in [0.717, 1.165) is 29.2 Å². The molecule has 0 fully saturated rings. The van der Waals surface area contributed by atoms with Crippen LogP contribution in [0, 0.1) is 0 Å². The van der Waals surface area contributed by atoms with Crippen molar-refractivity contribution in [3.05, 3.63) is 106 Å². The fourth-order valence-corrected chi connectivity index (χ4v) is 3.97. The number of ether oxygens (including phenoxy) is 2. The predicted octanol–water partition coefficient (Wildman–Crippen LogP) is 7.45. The van der Waals surface area contributed by atoms with Gasteiger partial charge in [-0.05, 0) is 46.7 Å². The summed E-state index contributed by atoms with van der Waals surface area (Å²) in [6, 6.07) is 26.0. The third kappa shape index (κ3) is 5.87. The molecular weight excluding hydrogens is 465 g/mol. The molecule has 0 aliphatic rings. The summed E-state index contributed by atoms with van der Waals surface area (Å²) in [7, 11) is 1.67. The zero-order valence-electron chi connectivity index (χ0n) is 17.6. The van der Waals surface area contributed by atoms with E-state index in [-0.39, 0.29) is 12.4 Å². The molecule has 4 aromatic rings. The van der Waals surface area contributed by atoms with Crippen molar-refractivity contribution in [1.82, 2.24) is 5.32 Å². The monoisotopic (exact) mass is 487 g/mol. The zero-order valence-corrected chi connectivity index (χ0v) is 19.9. The van der Waals surface area contributed by atoms with Gasteiger partial charge in [-0.3, -0.25) is 0 Å². The highest BCUT2D eigenvalue weighted by Gasteiger charge is 2.10. The minimum atomic E-state index is 0. The molecule has 0 amide bonds. The van der Waals surface area contributed by atoms with E-state index < -0.39 is 0 Å². The Morgan fingerprint density at radius 1 is 0.844 bits per heavy atom. The van der Waals surface area contributed by atoms with Gasteiger partial charge in [-0.1, -0.05) is 71.7 Å². The van der Waals surface area contributed by atoms with Crippen LogP contribution in [0.5, 0.6) is 11.5 Å². The van der Waals surface area contributed by atoms with Crippen molar-refractivity contribution in [2.24, 2.45) is 0 Å². The second-order valence-electron chi connectivity index (χ2n) is 7.24. The molecule has 0 bridgehead atoms. The molecule has 0 aliphatic carbocycles. The molecule has 0 unspecified atom stereocenters. The Morgan fingerprint density at radius 3 is 2.38 bits per heavy atom. The van der Waals surface area contributed by atoms with Crippen molar-refractivity contribution in [3.8, 4) is 11.5 Å². The second-order valence-corrected chi connectivity index (χ2v) is 8.08. The van der Waals surface area contributed by atoms with Crippen LogP contribution >= 0.6 is 35.6 Å². The van der Waals surface area contributed by atoms with Gasteiger partial charge in [-0.15, -0.1) is 12.4 Å². The Bertz CT molecular complexity index is 1180. The first-order valence-corrected chi connectivity index (χ1v) is 10.8. The molecule has 0 heterocycles. The molecule has 4 rings (SSSR count). The summed E-state index contributed by atoms with van der Waals surface area (Å²) in [6.45, 7) is 1.80. The Kier molecular flexibility index (Phi) is 8.66. The third-order valence-electron chi connectivity index (χ3n) is 5.19. The van der Waals surface area contributed by atoms with Crippen LogP contribution in [0.15, 0.2) is 78.9 Å². The summed E-state index contributed by atoms with van der Waals surface area (Å²) in [4.78, 5) is 0. The van der Waals surface area contributed by atoms with Crippen molar-refractivity contribution in [2.45, 2.75) is 19.7 Å². The average Bonchev–Trinajstić information content (AvgIpc) is 2.79. The molecule has 0 radical (unpaired) electrons. The van der Waals surface area contributed by atoms with Crippen molar-refractivity contribution in [2.75, 3.05) is 7.11 Å². The molecule has 0 aliphatic heterocycles. The maximum absolute atomic E-state index is 6.32. The Morgan fingerprint density at radius 2 is 1.62 bits per heavy atom. The van der Waals surface area contributed by atoms with Gasteiger partial charge >= 0.3 is 0 Å². The second kappa shape index (κ2) is 11.4. The molecule has 32 heavy (non-hydrogen) atoms. The fourth-order valence-electron chi connectivity index (χ4n) is 3.50. The van der Waals surface area contributed by atoms with Crippen LogP contribution < -0.4 is 14.8 Å². The molecule has 1 N–H and O–H groups in total. The fraction of sp³-hybridized carbons (Fsp3) is 0.154. The molecular formula is C26H24Cl3NO2. The highest BCUT2D eigenvalue weighted by Crippen LogP contribution is 2.30. The van der Waals surface area contributed by atoms with Crippen LogP contribution in [-0.4, -0.2) is 7.11 Å². The largest absolute Gasteiger partial charge is 0.497 e. The third-order valence-corrected chi connectivity index (χ3v) is 5.77. The summed E-state index contributed by atoms with van der Waals surface area (Å²) < 4.78 is 11.4. The van der Waals surface area contributed by atoms with Crippen LogP contribution in [0.4, 0.5) is 0 Å². The van der Waals surface area contributed by atoms with E-state index in [2.05, 4.69) is 41.7 Å². The molecule has 6 heteroatoms. The summed E-state index contributed by atoms with van der Waals surface area (Å²) in [5.41, 5.74) is 3.21. The summed E-state index contributed by atoms with van der Waals surface area (Å²) in [6.07, 6.45) is 0. The van der Waals surface area contributed by atoms with Gasteiger partial charge in [0.1, 0.15) is 18.1 Å². The average molecular weight is 489 g/mol. The van der Waals surface area contributed by atoms with E-state index in [9.17, 15) is 0 Å². The Labute approximate surface area is 204 Å². The smallest absolute Gasteiger partial charge is 0.124 e. The van der Waals surface area contributed by atoms with E-state index in [1.807, 2.05) is 36.4 Å². The first kappa shape index (κ1) is 24.2. The van der Waals surface area contributed by atoms with Gasteiger partial charge in [0.2, 0.25) is 0 Å². The summed E-state index contributed by atoms with van der Waals surface area (Å²) in [5, 5.41) is 7.11. The van der Waals surface area contributed by atoms with Crippen molar-refractivity contribution in [3.63, 3.8) is 0 Å². The Hall–Kier alpha value is -2.43. The zero-order chi connectivity index (χ0) is 21.6. The maximum atomic E-state index is 6.32. The first-order chi connectivity index (χ1) is 15.1. The standard InChI is InChI=1S/C26H23Cl2NO2.ClH/c1-30-22-11-6-18(7-12-22)15-29-16-24-23-5-3-2-4-19(23)9-13-26(24)31-17-20-8-10-21(27)14-25(20)28;/h2-14,29H,15-17H2,1H3;1H. The van der Waals surface area contributed by atoms with Crippen LogP contribution in [0.1, 0.15) is 16.7 Å². The van der Waals surface area contributed by atoms with Crippen LogP contribution in [0.3, 0.4) is 0 Å². The van der Waals surface area contributed by atoms with Gasteiger partial charge in [-0.25, -0.2) is 0 Å². The molecule has 0 spiro atoms. The SMILES string of the molecule is COc1ccc(CNCc2c(OCc3ccc(Cl)cc3Cl)ccc3ccccc23)cc1.Cl. The lowest BCUT2D eigenvalue weighted by atomic mass is 10.0. The number of benzene rings is 4. The lowest BCUT2D eigenvalue weighted by Crippen LogP contribution is -2.14. The molecule has 166 valence electrons. The highest BCUT2D eigenvalue weighted by atomic mass is 35.5. The predicted molar refractivity (Wildman–Crippen MR) is 136 cm³/mol. The molecule has 0 saturated heterocycles. The van der Waals surface area contributed by atoms with Gasteiger partial charge in [0.25, 0.3) is 0 Å². The Balaban J connectivity index is 0.00000289. The minimum Gasteiger partial charge on any atom is -0.497 e. The van der Waals surface area contributed by atoms with Crippen molar-refractivity contribution >= 4 is 46.4 Å². The van der Waals surface area contributed by atoms with Gasteiger partial charge in [-0.2, -0.15) is 0 Å². The van der Waals surface area contributed by atoms with Crippen LogP contribution in [0.2, 0.25) is 10.0 Å². The van der Waals surface area contributed by atoms with Crippen LogP contribution in [-0.2, 0) is 19.7 Å². The number of hydrogen-bond acceptors (Lipinski definition) is 3. The number of hydrogen-bond donors (Lipinski definition) is 1. The maximum Gasteiger partial charge on any atom is 0.124 e. The quantitative estimate of drug-likeness (QED) is 0.279. The summed E-state index contributed by atoms with van der Waals surface area (Å²) >= 11 is 12.3.